The zero-order valence-electron chi connectivity index (χ0n) is 17.0. The molecule has 0 spiro atoms. The van der Waals surface area contributed by atoms with Crippen LogP contribution >= 0.6 is 0 Å². The molecule has 1 aromatic heterocycles. The second-order valence-electron chi connectivity index (χ2n) is 7.60. The van der Waals surface area contributed by atoms with Crippen molar-refractivity contribution in [3.63, 3.8) is 0 Å². The van der Waals surface area contributed by atoms with Gasteiger partial charge in [0.05, 0.1) is 12.2 Å². The summed E-state index contributed by atoms with van der Waals surface area (Å²) in [5, 5.41) is 8.40. The lowest BCUT2D eigenvalue weighted by Crippen LogP contribution is -2.50. The van der Waals surface area contributed by atoms with Crippen molar-refractivity contribution in [1.29, 1.82) is 0 Å². The number of carbonyl (C=O) groups is 1. The lowest BCUT2D eigenvalue weighted by atomic mass is 10.0. The minimum atomic E-state index is 0.0450. The van der Waals surface area contributed by atoms with E-state index in [1.54, 1.807) is 0 Å². The summed E-state index contributed by atoms with van der Waals surface area (Å²) in [4.78, 5) is 14.6. The molecule has 154 valence electrons. The van der Waals surface area contributed by atoms with Gasteiger partial charge in [0, 0.05) is 18.7 Å². The van der Waals surface area contributed by atoms with Crippen LogP contribution in [0.2, 0.25) is 0 Å². The van der Waals surface area contributed by atoms with Crippen molar-refractivity contribution in [2.75, 3.05) is 13.1 Å². The average Bonchev–Trinajstić information content (AvgIpc) is 3.26. The highest BCUT2D eigenvalue weighted by Crippen LogP contribution is 2.25. The highest BCUT2D eigenvalue weighted by molar-refractivity contribution is 5.95. The zero-order chi connectivity index (χ0) is 21.0. The van der Waals surface area contributed by atoms with Crippen LogP contribution in [0.5, 0.6) is 5.75 Å². The Morgan fingerprint density at radius 1 is 0.871 bits per heavy atom. The van der Waals surface area contributed by atoms with Crippen molar-refractivity contribution < 1.29 is 9.53 Å². The predicted molar refractivity (Wildman–Crippen MR) is 118 cm³/mol. The summed E-state index contributed by atoms with van der Waals surface area (Å²) in [6, 6.07) is 27.7. The molecule has 1 fully saturated rings. The van der Waals surface area contributed by atoms with Crippen molar-refractivity contribution in [2.24, 2.45) is 0 Å². The SMILES string of the molecule is O=C(c1ccc(-c2ccccc2)cc1)N1CC(n2cc(COc3ccccc3)nn2)C1. The first-order valence-electron chi connectivity index (χ1n) is 10.3. The van der Waals surface area contributed by atoms with Crippen LogP contribution in [-0.4, -0.2) is 38.9 Å². The first-order chi connectivity index (χ1) is 15.3. The van der Waals surface area contributed by atoms with Gasteiger partial charge in [-0.2, -0.15) is 0 Å². The topological polar surface area (TPSA) is 60.2 Å². The van der Waals surface area contributed by atoms with E-state index in [1.165, 1.54) is 0 Å². The Balaban J connectivity index is 1.15. The summed E-state index contributed by atoms with van der Waals surface area (Å²) >= 11 is 0. The Morgan fingerprint density at radius 2 is 1.52 bits per heavy atom. The fourth-order valence-electron chi connectivity index (χ4n) is 3.64. The third kappa shape index (κ3) is 4.19. The van der Waals surface area contributed by atoms with Gasteiger partial charge >= 0.3 is 0 Å². The molecule has 0 bridgehead atoms. The molecule has 0 radical (unpaired) electrons. The molecule has 0 saturated carbocycles. The van der Waals surface area contributed by atoms with Crippen molar-refractivity contribution in [3.05, 3.63) is 102 Å². The van der Waals surface area contributed by atoms with Gasteiger partial charge in [0.15, 0.2) is 0 Å². The third-order valence-corrected chi connectivity index (χ3v) is 5.45. The second-order valence-corrected chi connectivity index (χ2v) is 7.60. The Labute approximate surface area is 180 Å². The number of nitrogens with zero attached hydrogens (tertiary/aromatic N) is 4. The summed E-state index contributed by atoms with van der Waals surface area (Å²) in [7, 11) is 0. The third-order valence-electron chi connectivity index (χ3n) is 5.45. The van der Waals surface area contributed by atoms with Gasteiger partial charge in [0.25, 0.3) is 5.91 Å². The fourth-order valence-corrected chi connectivity index (χ4v) is 3.64. The van der Waals surface area contributed by atoms with E-state index in [9.17, 15) is 4.79 Å². The first-order valence-corrected chi connectivity index (χ1v) is 10.3. The standard InChI is InChI=1S/C25H22N4O2/c30-25(21-13-11-20(12-14-21)19-7-3-1-4-8-19)28-16-23(17-28)29-15-22(26-27-29)18-31-24-9-5-2-6-10-24/h1-15,23H,16-18H2. The largest absolute Gasteiger partial charge is 0.487 e. The molecule has 1 aliphatic heterocycles. The van der Waals surface area contributed by atoms with Crippen molar-refractivity contribution >= 4 is 5.91 Å². The molecule has 0 N–H and O–H groups in total. The minimum absolute atomic E-state index is 0.0450. The average molecular weight is 410 g/mol. The van der Waals surface area contributed by atoms with E-state index in [2.05, 4.69) is 22.4 Å². The summed E-state index contributed by atoms with van der Waals surface area (Å²) < 4.78 is 7.54. The molecule has 2 heterocycles. The maximum atomic E-state index is 12.8. The summed E-state index contributed by atoms with van der Waals surface area (Å²) in [6.45, 7) is 1.62. The Bertz CT molecular complexity index is 1150. The molecule has 4 aromatic rings. The number of hydrogen-bond acceptors (Lipinski definition) is 4. The number of amides is 1. The van der Waals surface area contributed by atoms with Crippen LogP contribution in [0.4, 0.5) is 0 Å². The van der Waals surface area contributed by atoms with Crippen molar-refractivity contribution in [1.82, 2.24) is 19.9 Å². The molecule has 6 nitrogen and oxygen atoms in total. The summed E-state index contributed by atoms with van der Waals surface area (Å²) in [5.41, 5.74) is 3.72. The molecular formula is C25H22N4O2. The van der Waals surface area contributed by atoms with E-state index in [1.807, 2.05) is 88.6 Å². The van der Waals surface area contributed by atoms with Crippen molar-refractivity contribution in [3.8, 4) is 16.9 Å². The number of ether oxygens (including phenoxy) is 1. The summed E-state index contributed by atoms with van der Waals surface area (Å²) in [5.74, 6) is 0.847. The molecule has 0 aliphatic carbocycles. The maximum Gasteiger partial charge on any atom is 0.253 e. The lowest BCUT2D eigenvalue weighted by molar-refractivity contribution is 0.0498. The van der Waals surface area contributed by atoms with E-state index < -0.39 is 0 Å². The second kappa shape index (κ2) is 8.44. The Kier molecular flexibility index (Phi) is 5.19. The molecule has 0 unspecified atom stereocenters. The lowest BCUT2D eigenvalue weighted by Gasteiger charge is -2.38. The predicted octanol–water partition coefficient (Wildman–Crippen LogP) is 4.22. The number of carbonyl (C=O) groups excluding carboxylic acids is 1. The zero-order valence-corrected chi connectivity index (χ0v) is 17.0. The number of rotatable bonds is 6. The van der Waals surface area contributed by atoms with E-state index >= 15 is 0 Å². The smallest absolute Gasteiger partial charge is 0.253 e. The van der Waals surface area contributed by atoms with Gasteiger partial charge in [-0.25, -0.2) is 4.68 Å². The summed E-state index contributed by atoms with van der Waals surface area (Å²) in [6.07, 6.45) is 1.89. The molecule has 1 saturated heterocycles. The number of likely N-dealkylation sites (tertiary alicyclic amines) is 1. The van der Waals surface area contributed by atoms with Crippen LogP contribution in [-0.2, 0) is 6.61 Å². The quantitative estimate of drug-likeness (QED) is 0.478. The molecule has 1 amide bonds. The van der Waals surface area contributed by atoms with Gasteiger partial charge in [-0.1, -0.05) is 65.9 Å². The van der Waals surface area contributed by atoms with Gasteiger partial charge in [-0.15, -0.1) is 5.10 Å². The Hall–Kier alpha value is -3.93. The van der Waals surface area contributed by atoms with Gasteiger partial charge in [0.1, 0.15) is 18.1 Å². The van der Waals surface area contributed by atoms with Gasteiger partial charge in [-0.3, -0.25) is 4.79 Å². The first kappa shape index (κ1) is 19.1. The van der Waals surface area contributed by atoms with E-state index in [-0.39, 0.29) is 11.9 Å². The van der Waals surface area contributed by atoms with Crippen LogP contribution in [0.1, 0.15) is 22.1 Å². The molecule has 0 atom stereocenters. The van der Waals surface area contributed by atoms with Gasteiger partial charge in [0.2, 0.25) is 0 Å². The highest BCUT2D eigenvalue weighted by Gasteiger charge is 2.33. The van der Waals surface area contributed by atoms with E-state index in [4.69, 9.17) is 4.74 Å². The number of benzene rings is 3. The normalized spacial score (nSPS) is 13.6. The molecule has 6 heteroatoms. The van der Waals surface area contributed by atoms with Gasteiger partial charge in [-0.05, 0) is 35.4 Å². The van der Waals surface area contributed by atoms with Crippen LogP contribution in [0.25, 0.3) is 11.1 Å². The van der Waals surface area contributed by atoms with E-state index in [0.29, 0.717) is 25.3 Å². The van der Waals surface area contributed by atoms with E-state index in [0.717, 1.165) is 22.6 Å². The molecule has 5 rings (SSSR count). The molecule has 1 aliphatic rings. The molecule has 3 aromatic carbocycles. The number of hydrogen-bond donors (Lipinski definition) is 0. The fraction of sp³-hybridized carbons (Fsp3) is 0.160. The van der Waals surface area contributed by atoms with Crippen LogP contribution in [0.3, 0.4) is 0 Å². The maximum absolute atomic E-state index is 12.8. The van der Waals surface area contributed by atoms with Crippen molar-refractivity contribution in [2.45, 2.75) is 12.6 Å². The monoisotopic (exact) mass is 410 g/mol. The highest BCUT2D eigenvalue weighted by atomic mass is 16.5. The van der Waals surface area contributed by atoms with Crippen LogP contribution in [0.15, 0.2) is 91.1 Å². The molecular weight excluding hydrogens is 388 g/mol. The van der Waals surface area contributed by atoms with Crippen LogP contribution < -0.4 is 4.74 Å². The number of para-hydroxylation sites is 1. The molecule has 31 heavy (non-hydrogen) atoms. The van der Waals surface area contributed by atoms with Gasteiger partial charge < -0.3 is 9.64 Å². The van der Waals surface area contributed by atoms with Crippen LogP contribution in [0, 0.1) is 0 Å². The minimum Gasteiger partial charge on any atom is -0.487 e. The Morgan fingerprint density at radius 3 is 2.23 bits per heavy atom. The number of aromatic nitrogens is 3.